The summed E-state index contributed by atoms with van der Waals surface area (Å²) in [5, 5.41) is 5.50. The highest BCUT2D eigenvalue weighted by Crippen LogP contribution is 2.48. The van der Waals surface area contributed by atoms with Crippen LogP contribution < -0.4 is 16.4 Å². The molecule has 24 heavy (non-hydrogen) atoms. The van der Waals surface area contributed by atoms with E-state index in [2.05, 4.69) is 38.7 Å². The molecule has 0 radical (unpaired) electrons. The summed E-state index contributed by atoms with van der Waals surface area (Å²) in [4.78, 5) is 23.7. The highest BCUT2D eigenvalue weighted by Gasteiger charge is 2.44. The molecule has 0 bridgehead atoms. The molecular weight excluding hydrogens is 394 g/mol. The Morgan fingerprint density at radius 2 is 1.96 bits per heavy atom. The molecule has 2 rings (SSSR count). The predicted octanol–water partition coefficient (Wildman–Crippen LogP) is 2.12. The van der Waals surface area contributed by atoms with E-state index < -0.39 is 6.04 Å². The second-order valence-electron chi connectivity index (χ2n) is 6.56. The number of benzene rings is 1. The quantitative estimate of drug-likeness (QED) is 0.634. The predicted molar refractivity (Wildman–Crippen MR) is 101 cm³/mol. The van der Waals surface area contributed by atoms with Crippen LogP contribution in [0.4, 0.5) is 0 Å². The topological polar surface area (TPSA) is 84.2 Å². The van der Waals surface area contributed by atoms with E-state index in [-0.39, 0.29) is 42.1 Å². The summed E-state index contributed by atoms with van der Waals surface area (Å²) in [5.74, 6) is -0.428. The van der Waals surface area contributed by atoms with Crippen molar-refractivity contribution in [2.75, 3.05) is 13.1 Å². The first-order valence-electron chi connectivity index (χ1n) is 7.90. The first kappa shape index (κ1) is 20.9. The molecule has 2 amide bonds. The number of hydrogen-bond acceptors (Lipinski definition) is 3. The second kappa shape index (κ2) is 8.83. The fraction of sp³-hybridized carbons (Fsp3) is 0.529. The summed E-state index contributed by atoms with van der Waals surface area (Å²) in [6, 6.07) is 7.61. The Kier molecular flexibility index (Phi) is 7.70. The largest absolute Gasteiger partial charge is 0.354 e. The zero-order chi connectivity index (χ0) is 17.0. The minimum absolute atomic E-state index is 0. The normalized spacial score (nSPS) is 16.0. The lowest BCUT2D eigenvalue weighted by Crippen LogP contribution is -2.47. The molecular formula is C17H25BrClN3O2. The molecule has 1 aromatic carbocycles. The maximum absolute atomic E-state index is 11.9. The van der Waals surface area contributed by atoms with Crippen molar-refractivity contribution in [2.24, 2.45) is 11.7 Å². The van der Waals surface area contributed by atoms with E-state index in [9.17, 15) is 9.59 Å². The third-order valence-electron chi connectivity index (χ3n) is 4.36. The van der Waals surface area contributed by atoms with E-state index in [1.54, 1.807) is 0 Å². The summed E-state index contributed by atoms with van der Waals surface area (Å²) < 4.78 is 1.04. The van der Waals surface area contributed by atoms with Gasteiger partial charge >= 0.3 is 0 Å². The molecule has 4 N–H and O–H groups in total. The molecule has 0 aliphatic heterocycles. The lowest BCUT2D eigenvalue weighted by molar-refractivity contribution is -0.127. The molecule has 0 heterocycles. The van der Waals surface area contributed by atoms with Crippen molar-refractivity contribution in [1.82, 2.24) is 10.6 Å². The van der Waals surface area contributed by atoms with Gasteiger partial charge in [0.05, 0.1) is 12.6 Å². The molecule has 1 saturated carbocycles. The molecule has 1 atom stereocenters. The van der Waals surface area contributed by atoms with Gasteiger partial charge in [-0.25, -0.2) is 0 Å². The van der Waals surface area contributed by atoms with Crippen LogP contribution in [0.5, 0.6) is 0 Å². The fourth-order valence-electron chi connectivity index (χ4n) is 2.46. The Morgan fingerprint density at radius 1 is 1.29 bits per heavy atom. The molecule has 134 valence electrons. The van der Waals surface area contributed by atoms with Gasteiger partial charge in [-0.3, -0.25) is 9.59 Å². The van der Waals surface area contributed by atoms with E-state index in [4.69, 9.17) is 5.73 Å². The van der Waals surface area contributed by atoms with Gasteiger partial charge < -0.3 is 16.4 Å². The van der Waals surface area contributed by atoms with Crippen LogP contribution >= 0.6 is 28.3 Å². The molecule has 1 fully saturated rings. The first-order valence-corrected chi connectivity index (χ1v) is 8.69. The molecule has 0 unspecified atom stereocenters. The van der Waals surface area contributed by atoms with E-state index in [1.807, 2.05) is 26.0 Å². The van der Waals surface area contributed by atoms with Crippen molar-refractivity contribution in [1.29, 1.82) is 0 Å². The maximum atomic E-state index is 11.9. The van der Waals surface area contributed by atoms with Crippen molar-refractivity contribution >= 4 is 40.2 Å². The van der Waals surface area contributed by atoms with Gasteiger partial charge in [0.25, 0.3) is 0 Å². The number of hydrogen-bond donors (Lipinski definition) is 3. The van der Waals surface area contributed by atoms with Crippen LogP contribution in [0, 0.1) is 5.92 Å². The standard InChI is InChI=1S/C17H24BrN3O2.ClH/c1-11(2)15(19)16(23)20-9-14(22)21-10-17(6-7-17)12-4-3-5-13(18)8-12;/h3-5,8,11,15H,6-7,9-10,19H2,1-2H3,(H,20,23)(H,21,22);1H/t15-;/m0./s1. The van der Waals surface area contributed by atoms with Crippen molar-refractivity contribution in [3.8, 4) is 0 Å². The second-order valence-corrected chi connectivity index (χ2v) is 7.47. The number of halogens is 2. The minimum Gasteiger partial charge on any atom is -0.354 e. The Hall–Kier alpha value is -1.11. The van der Waals surface area contributed by atoms with Gasteiger partial charge in [-0.15, -0.1) is 12.4 Å². The van der Waals surface area contributed by atoms with Gasteiger partial charge in [-0.2, -0.15) is 0 Å². The number of amides is 2. The van der Waals surface area contributed by atoms with E-state index in [1.165, 1.54) is 5.56 Å². The third kappa shape index (κ3) is 5.46. The lowest BCUT2D eigenvalue weighted by Gasteiger charge is -2.18. The van der Waals surface area contributed by atoms with Gasteiger partial charge in [0.15, 0.2) is 0 Å². The average Bonchev–Trinajstić information content (AvgIpc) is 3.31. The zero-order valence-electron chi connectivity index (χ0n) is 14.0. The van der Waals surface area contributed by atoms with E-state index in [0.717, 1.165) is 17.3 Å². The summed E-state index contributed by atoms with van der Waals surface area (Å²) in [6.45, 7) is 4.31. The Bertz CT molecular complexity index is 591. The number of nitrogens with two attached hydrogens (primary N) is 1. The molecule has 0 aromatic heterocycles. The zero-order valence-corrected chi connectivity index (χ0v) is 16.4. The number of carbonyl (C=O) groups is 2. The minimum atomic E-state index is -0.584. The highest BCUT2D eigenvalue weighted by atomic mass is 79.9. The van der Waals surface area contributed by atoms with E-state index >= 15 is 0 Å². The van der Waals surface area contributed by atoms with Crippen LogP contribution in [-0.4, -0.2) is 30.9 Å². The van der Waals surface area contributed by atoms with Crippen molar-refractivity contribution in [2.45, 2.75) is 38.1 Å². The molecule has 0 saturated heterocycles. The SMILES string of the molecule is CC(C)[C@H](N)C(=O)NCC(=O)NCC1(c2cccc(Br)c2)CC1.Cl. The van der Waals surface area contributed by atoms with Crippen LogP contribution in [0.3, 0.4) is 0 Å². The summed E-state index contributed by atoms with van der Waals surface area (Å²) in [7, 11) is 0. The Morgan fingerprint density at radius 3 is 2.50 bits per heavy atom. The van der Waals surface area contributed by atoms with Crippen LogP contribution in [0.1, 0.15) is 32.3 Å². The molecule has 5 nitrogen and oxygen atoms in total. The van der Waals surface area contributed by atoms with Crippen molar-refractivity contribution < 1.29 is 9.59 Å². The smallest absolute Gasteiger partial charge is 0.239 e. The van der Waals surface area contributed by atoms with Crippen LogP contribution in [0.25, 0.3) is 0 Å². The van der Waals surface area contributed by atoms with Crippen LogP contribution in [-0.2, 0) is 15.0 Å². The van der Waals surface area contributed by atoms with Crippen LogP contribution in [0.15, 0.2) is 28.7 Å². The molecule has 1 aliphatic carbocycles. The Labute approximate surface area is 157 Å². The van der Waals surface area contributed by atoms with Gasteiger partial charge in [0.2, 0.25) is 11.8 Å². The number of rotatable bonds is 7. The highest BCUT2D eigenvalue weighted by molar-refractivity contribution is 9.10. The van der Waals surface area contributed by atoms with Crippen LogP contribution in [0.2, 0.25) is 0 Å². The summed E-state index contributed by atoms with van der Waals surface area (Å²) >= 11 is 3.48. The van der Waals surface area contributed by atoms with Crippen molar-refractivity contribution in [3.05, 3.63) is 34.3 Å². The van der Waals surface area contributed by atoms with Gasteiger partial charge in [-0.1, -0.05) is 41.9 Å². The molecule has 0 spiro atoms. The number of carbonyl (C=O) groups excluding carboxylic acids is 2. The van der Waals surface area contributed by atoms with E-state index in [0.29, 0.717) is 6.54 Å². The van der Waals surface area contributed by atoms with Gasteiger partial charge in [0.1, 0.15) is 0 Å². The monoisotopic (exact) mass is 417 g/mol. The third-order valence-corrected chi connectivity index (χ3v) is 4.85. The molecule has 1 aliphatic rings. The Balaban J connectivity index is 0.00000288. The summed E-state index contributed by atoms with van der Waals surface area (Å²) in [5.41, 5.74) is 7.02. The maximum Gasteiger partial charge on any atom is 0.239 e. The number of nitrogens with one attached hydrogen (secondary N) is 2. The fourth-order valence-corrected chi connectivity index (χ4v) is 2.85. The summed E-state index contributed by atoms with van der Waals surface area (Å²) in [6.07, 6.45) is 2.13. The van der Waals surface area contributed by atoms with Gasteiger partial charge in [-0.05, 0) is 36.5 Å². The molecule has 7 heteroatoms. The average molecular weight is 419 g/mol. The first-order chi connectivity index (χ1) is 10.8. The van der Waals surface area contributed by atoms with Gasteiger partial charge in [0, 0.05) is 16.4 Å². The molecule has 1 aromatic rings. The van der Waals surface area contributed by atoms with Crippen molar-refractivity contribution in [3.63, 3.8) is 0 Å². The lowest BCUT2D eigenvalue weighted by atomic mass is 9.96.